The van der Waals surface area contributed by atoms with Gasteiger partial charge < -0.3 is 4.90 Å². The van der Waals surface area contributed by atoms with Crippen molar-refractivity contribution < 1.29 is 9.72 Å². The zero-order valence-corrected chi connectivity index (χ0v) is 12.0. The van der Waals surface area contributed by atoms with Crippen LogP contribution >= 0.6 is 0 Å². The first-order valence-corrected chi connectivity index (χ1v) is 7.07. The molecule has 1 amide bonds. The SMILES string of the molecule is O=C1c2cc([N+](=O)[O-])ccc2CN1c1ccc2ncccc2c1. The lowest BCUT2D eigenvalue weighted by Crippen LogP contribution is -2.22. The standard InChI is InChI=1S/C17H11N3O3/c21-17-15-9-14(20(22)23)4-3-12(15)10-19(17)13-5-6-16-11(8-13)2-1-7-18-16/h1-9H,10H2. The molecule has 0 N–H and O–H groups in total. The fourth-order valence-corrected chi connectivity index (χ4v) is 2.84. The second-order valence-electron chi connectivity index (χ2n) is 5.37. The minimum Gasteiger partial charge on any atom is -0.304 e. The van der Waals surface area contributed by atoms with E-state index in [4.69, 9.17) is 0 Å². The van der Waals surface area contributed by atoms with Gasteiger partial charge in [-0.05, 0) is 35.9 Å². The van der Waals surface area contributed by atoms with Gasteiger partial charge in [-0.2, -0.15) is 0 Å². The van der Waals surface area contributed by atoms with Crippen molar-refractivity contribution in [3.63, 3.8) is 0 Å². The molecule has 1 aliphatic rings. The first-order chi connectivity index (χ1) is 11.1. The Balaban J connectivity index is 1.75. The van der Waals surface area contributed by atoms with E-state index < -0.39 is 4.92 Å². The van der Waals surface area contributed by atoms with Gasteiger partial charge in [0.2, 0.25) is 0 Å². The van der Waals surface area contributed by atoms with Crippen LogP contribution in [0.1, 0.15) is 15.9 Å². The lowest BCUT2D eigenvalue weighted by atomic mass is 10.1. The number of nitro benzene ring substituents is 1. The molecule has 6 heteroatoms. The second-order valence-corrected chi connectivity index (χ2v) is 5.37. The molecule has 0 fully saturated rings. The summed E-state index contributed by atoms with van der Waals surface area (Å²) in [4.78, 5) is 28.9. The Morgan fingerprint density at radius 2 is 2.00 bits per heavy atom. The number of benzene rings is 2. The highest BCUT2D eigenvalue weighted by Gasteiger charge is 2.30. The van der Waals surface area contributed by atoms with Crippen LogP contribution in [0.2, 0.25) is 0 Å². The summed E-state index contributed by atoms with van der Waals surface area (Å²) < 4.78 is 0. The number of carbonyl (C=O) groups excluding carboxylic acids is 1. The molecule has 1 aliphatic heterocycles. The fourth-order valence-electron chi connectivity index (χ4n) is 2.84. The lowest BCUT2D eigenvalue weighted by molar-refractivity contribution is -0.384. The molecule has 0 aliphatic carbocycles. The van der Waals surface area contributed by atoms with E-state index in [-0.39, 0.29) is 11.6 Å². The molecular weight excluding hydrogens is 294 g/mol. The molecular formula is C17H11N3O3. The van der Waals surface area contributed by atoms with Crippen LogP contribution in [-0.4, -0.2) is 15.8 Å². The number of hydrogen-bond donors (Lipinski definition) is 0. The van der Waals surface area contributed by atoms with E-state index in [1.807, 2.05) is 30.3 Å². The molecule has 4 rings (SSSR count). The highest BCUT2D eigenvalue weighted by Crippen LogP contribution is 2.31. The fraction of sp³-hybridized carbons (Fsp3) is 0.0588. The Morgan fingerprint density at radius 1 is 1.13 bits per heavy atom. The van der Waals surface area contributed by atoms with Crippen molar-refractivity contribution >= 4 is 28.2 Å². The summed E-state index contributed by atoms with van der Waals surface area (Å²) in [5.41, 5.74) is 2.74. The maximum absolute atomic E-state index is 12.6. The van der Waals surface area contributed by atoms with E-state index in [9.17, 15) is 14.9 Å². The zero-order chi connectivity index (χ0) is 16.0. The number of aromatic nitrogens is 1. The van der Waals surface area contributed by atoms with Crippen LogP contribution < -0.4 is 4.90 Å². The maximum Gasteiger partial charge on any atom is 0.270 e. The summed E-state index contributed by atoms with van der Waals surface area (Å²) in [5, 5.41) is 11.8. The maximum atomic E-state index is 12.6. The normalized spacial score (nSPS) is 13.4. The highest BCUT2D eigenvalue weighted by molar-refractivity contribution is 6.11. The minimum absolute atomic E-state index is 0.0679. The summed E-state index contributed by atoms with van der Waals surface area (Å²) in [6, 6.07) is 13.8. The Kier molecular flexibility index (Phi) is 2.84. The summed E-state index contributed by atoms with van der Waals surface area (Å²) in [5.74, 6) is -0.216. The quantitative estimate of drug-likeness (QED) is 0.537. The summed E-state index contributed by atoms with van der Waals surface area (Å²) in [6.45, 7) is 0.415. The van der Waals surface area contributed by atoms with Gasteiger partial charge in [0.1, 0.15) is 0 Å². The van der Waals surface area contributed by atoms with Gasteiger partial charge in [0, 0.05) is 29.4 Å². The predicted molar refractivity (Wildman–Crippen MR) is 85.4 cm³/mol. The van der Waals surface area contributed by atoms with Gasteiger partial charge in [0.15, 0.2) is 0 Å². The van der Waals surface area contributed by atoms with Gasteiger partial charge in [0.25, 0.3) is 11.6 Å². The van der Waals surface area contributed by atoms with E-state index in [2.05, 4.69) is 4.98 Å². The number of non-ortho nitro benzene ring substituents is 1. The van der Waals surface area contributed by atoms with Crippen molar-refractivity contribution in [2.75, 3.05) is 4.90 Å². The smallest absolute Gasteiger partial charge is 0.270 e. The van der Waals surface area contributed by atoms with Gasteiger partial charge in [-0.15, -0.1) is 0 Å². The average molecular weight is 305 g/mol. The van der Waals surface area contributed by atoms with Crippen LogP contribution in [0.4, 0.5) is 11.4 Å². The second kappa shape index (κ2) is 4.88. The Labute approximate surface area is 131 Å². The van der Waals surface area contributed by atoms with Crippen LogP contribution in [0.5, 0.6) is 0 Å². The molecule has 0 atom stereocenters. The molecule has 1 aromatic heterocycles. The van der Waals surface area contributed by atoms with Crippen molar-refractivity contribution in [1.82, 2.24) is 4.98 Å². The van der Waals surface area contributed by atoms with Crippen molar-refractivity contribution in [2.45, 2.75) is 6.54 Å². The van der Waals surface area contributed by atoms with Crippen LogP contribution in [0.25, 0.3) is 10.9 Å². The molecule has 0 bridgehead atoms. The van der Waals surface area contributed by atoms with Crippen LogP contribution in [0.15, 0.2) is 54.7 Å². The van der Waals surface area contributed by atoms with Gasteiger partial charge >= 0.3 is 0 Å². The van der Waals surface area contributed by atoms with E-state index in [1.54, 1.807) is 17.2 Å². The molecule has 0 unspecified atom stereocenters. The van der Waals surface area contributed by atoms with Gasteiger partial charge in [-0.25, -0.2) is 0 Å². The minimum atomic E-state index is -0.488. The molecule has 6 nitrogen and oxygen atoms in total. The number of carbonyl (C=O) groups is 1. The molecule has 2 aromatic carbocycles. The molecule has 0 radical (unpaired) electrons. The molecule has 3 aromatic rings. The monoisotopic (exact) mass is 305 g/mol. The molecule has 0 saturated carbocycles. The number of pyridine rings is 1. The molecule has 2 heterocycles. The van der Waals surface area contributed by atoms with E-state index >= 15 is 0 Å². The number of nitrogens with zero attached hydrogens (tertiary/aromatic N) is 3. The number of amides is 1. The Hall–Kier alpha value is -3.28. The van der Waals surface area contributed by atoms with E-state index in [1.165, 1.54) is 12.1 Å². The lowest BCUT2D eigenvalue weighted by Gasteiger charge is -2.16. The summed E-state index contributed by atoms with van der Waals surface area (Å²) >= 11 is 0. The summed E-state index contributed by atoms with van der Waals surface area (Å²) in [6.07, 6.45) is 1.72. The third-order valence-corrected chi connectivity index (χ3v) is 4.01. The van der Waals surface area contributed by atoms with Crippen LogP contribution in [-0.2, 0) is 6.54 Å². The first kappa shape index (κ1) is 13.4. The Morgan fingerprint density at radius 3 is 2.83 bits per heavy atom. The van der Waals surface area contributed by atoms with Crippen LogP contribution in [0.3, 0.4) is 0 Å². The number of hydrogen-bond acceptors (Lipinski definition) is 4. The van der Waals surface area contributed by atoms with Crippen LogP contribution in [0, 0.1) is 10.1 Å². The van der Waals surface area contributed by atoms with E-state index in [0.717, 1.165) is 22.2 Å². The first-order valence-electron chi connectivity index (χ1n) is 7.07. The third-order valence-electron chi connectivity index (χ3n) is 4.01. The predicted octanol–water partition coefficient (Wildman–Crippen LogP) is 3.30. The third kappa shape index (κ3) is 2.12. The molecule has 0 saturated heterocycles. The highest BCUT2D eigenvalue weighted by atomic mass is 16.6. The number of nitro groups is 1. The van der Waals surface area contributed by atoms with Crippen molar-refractivity contribution in [3.8, 4) is 0 Å². The van der Waals surface area contributed by atoms with Crippen molar-refractivity contribution in [2.24, 2.45) is 0 Å². The molecule has 23 heavy (non-hydrogen) atoms. The van der Waals surface area contributed by atoms with Crippen molar-refractivity contribution in [1.29, 1.82) is 0 Å². The number of anilines is 1. The number of fused-ring (bicyclic) bond motifs is 2. The van der Waals surface area contributed by atoms with Gasteiger partial charge in [-0.1, -0.05) is 6.07 Å². The zero-order valence-electron chi connectivity index (χ0n) is 12.0. The van der Waals surface area contributed by atoms with Gasteiger partial charge in [-0.3, -0.25) is 19.9 Å². The average Bonchev–Trinajstić information content (AvgIpc) is 2.91. The van der Waals surface area contributed by atoms with Gasteiger partial charge in [0.05, 0.1) is 22.5 Å². The topological polar surface area (TPSA) is 76.3 Å². The molecule has 112 valence electrons. The largest absolute Gasteiger partial charge is 0.304 e. The summed E-state index contributed by atoms with van der Waals surface area (Å²) in [7, 11) is 0. The van der Waals surface area contributed by atoms with Crippen molar-refractivity contribution in [3.05, 3.63) is 76.0 Å². The molecule has 0 spiro atoms. The number of rotatable bonds is 2. The van der Waals surface area contributed by atoms with E-state index in [0.29, 0.717) is 12.1 Å². The Bertz CT molecular complexity index is 968.